The highest BCUT2D eigenvalue weighted by atomic mass is 35.5. The van der Waals surface area contributed by atoms with Gasteiger partial charge in [-0.1, -0.05) is 17.7 Å². The standard InChI is InChI=1S/C22H29ClF2N2O5S/c1-5-32-21-10-15(6-9-20(21)31-3)19(13-33(4,29)30)26(2)17-8-7-16(23)11-18(17)27(14-28)12-22(24)25/h6-11,19,22,28H,5,12-14H2,1-4H3. The predicted molar refractivity (Wildman–Crippen MR) is 127 cm³/mol. The molecule has 0 aliphatic carbocycles. The number of nitrogens with zero attached hydrogens (tertiary/aromatic N) is 2. The predicted octanol–water partition coefficient (Wildman–Crippen LogP) is 3.99. The molecule has 33 heavy (non-hydrogen) atoms. The number of hydrogen-bond acceptors (Lipinski definition) is 7. The third kappa shape index (κ3) is 7.35. The Labute approximate surface area is 198 Å². The van der Waals surface area contributed by atoms with Gasteiger partial charge in [0.15, 0.2) is 11.5 Å². The SMILES string of the molecule is CCOc1cc(C(CS(C)(=O)=O)N(C)c2ccc(Cl)cc2N(CO)CC(F)F)ccc1OC. The van der Waals surface area contributed by atoms with E-state index in [9.17, 15) is 22.3 Å². The zero-order valence-corrected chi connectivity index (χ0v) is 20.5. The monoisotopic (exact) mass is 506 g/mol. The Bertz CT molecular complexity index is 1040. The number of anilines is 2. The lowest BCUT2D eigenvalue weighted by Gasteiger charge is -2.34. The van der Waals surface area contributed by atoms with Crippen LogP contribution in [0.2, 0.25) is 5.02 Å². The van der Waals surface area contributed by atoms with Crippen molar-refractivity contribution in [1.29, 1.82) is 0 Å². The van der Waals surface area contributed by atoms with Crippen molar-refractivity contribution in [2.24, 2.45) is 0 Å². The van der Waals surface area contributed by atoms with E-state index in [1.54, 1.807) is 42.3 Å². The van der Waals surface area contributed by atoms with Crippen molar-refractivity contribution in [2.45, 2.75) is 19.4 Å². The highest BCUT2D eigenvalue weighted by molar-refractivity contribution is 7.90. The minimum Gasteiger partial charge on any atom is -0.493 e. The Morgan fingerprint density at radius 3 is 2.36 bits per heavy atom. The molecule has 0 radical (unpaired) electrons. The van der Waals surface area contributed by atoms with Gasteiger partial charge in [0.2, 0.25) is 0 Å². The average Bonchev–Trinajstić information content (AvgIpc) is 2.74. The number of ether oxygens (including phenoxy) is 2. The van der Waals surface area contributed by atoms with Crippen LogP contribution >= 0.6 is 11.6 Å². The van der Waals surface area contributed by atoms with E-state index in [4.69, 9.17) is 21.1 Å². The van der Waals surface area contributed by atoms with E-state index in [2.05, 4.69) is 0 Å². The summed E-state index contributed by atoms with van der Waals surface area (Å²) in [5.41, 5.74) is 1.30. The molecular formula is C22H29ClF2N2O5S. The van der Waals surface area contributed by atoms with Crippen LogP contribution in [0.5, 0.6) is 11.5 Å². The molecule has 184 valence electrons. The first-order valence-electron chi connectivity index (χ1n) is 10.2. The fraction of sp³-hybridized carbons (Fsp3) is 0.455. The minimum atomic E-state index is -3.45. The first-order chi connectivity index (χ1) is 15.5. The van der Waals surface area contributed by atoms with Crippen LogP contribution in [0.4, 0.5) is 20.2 Å². The maximum absolute atomic E-state index is 13.1. The molecule has 0 fully saturated rings. The Balaban J connectivity index is 2.62. The fourth-order valence-corrected chi connectivity index (χ4v) is 4.66. The number of halogens is 3. The number of aliphatic hydroxyl groups excluding tert-OH is 1. The molecule has 7 nitrogen and oxygen atoms in total. The maximum atomic E-state index is 13.1. The van der Waals surface area contributed by atoms with Crippen LogP contribution in [0.1, 0.15) is 18.5 Å². The third-order valence-corrected chi connectivity index (χ3v) is 6.14. The van der Waals surface area contributed by atoms with Gasteiger partial charge in [0.1, 0.15) is 16.6 Å². The third-order valence-electron chi connectivity index (χ3n) is 4.99. The van der Waals surface area contributed by atoms with Crippen molar-refractivity contribution < 1.29 is 31.8 Å². The Hall–Kier alpha value is -2.30. The van der Waals surface area contributed by atoms with E-state index in [0.717, 1.165) is 11.2 Å². The first-order valence-corrected chi connectivity index (χ1v) is 12.6. The summed E-state index contributed by atoms with van der Waals surface area (Å²) in [6.45, 7) is 0.816. The Morgan fingerprint density at radius 2 is 1.82 bits per heavy atom. The van der Waals surface area contributed by atoms with Gasteiger partial charge in [0.25, 0.3) is 6.43 Å². The second-order valence-electron chi connectivity index (χ2n) is 7.45. The second-order valence-corrected chi connectivity index (χ2v) is 10.1. The normalized spacial score (nSPS) is 12.5. The number of methoxy groups -OCH3 is 1. The highest BCUT2D eigenvalue weighted by Crippen LogP contribution is 2.39. The Kier molecular flexibility index (Phi) is 9.57. The summed E-state index contributed by atoms with van der Waals surface area (Å²) in [6, 6.07) is 9.06. The molecule has 0 spiro atoms. The lowest BCUT2D eigenvalue weighted by atomic mass is 10.0. The minimum absolute atomic E-state index is 0.253. The maximum Gasteiger partial charge on any atom is 0.255 e. The van der Waals surface area contributed by atoms with Gasteiger partial charge in [-0.15, -0.1) is 0 Å². The summed E-state index contributed by atoms with van der Waals surface area (Å²) in [6.07, 6.45) is -1.57. The van der Waals surface area contributed by atoms with Gasteiger partial charge in [-0.05, 0) is 42.8 Å². The van der Waals surface area contributed by atoms with Crippen molar-refractivity contribution in [1.82, 2.24) is 0 Å². The molecule has 0 saturated heterocycles. The molecule has 0 saturated carbocycles. The number of alkyl halides is 2. The second kappa shape index (κ2) is 11.7. The lowest BCUT2D eigenvalue weighted by molar-refractivity contribution is 0.145. The van der Waals surface area contributed by atoms with Gasteiger partial charge in [-0.25, -0.2) is 17.2 Å². The smallest absolute Gasteiger partial charge is 0.255 e. The fourth-order valence-electron chi connectivity index (χ4n) is 3.50. The summed E-state index contributed by atoms with van der Waals surface area (Å²) < 4.78 is 61.8. The molecule has 2 aromatic rings. The number of hydrogen-bond donors (Lipinski definition) is 1. The van der Waals surface area contributed by atoms with Crippen LogP contribution < -0.4 is 19.3 Å². The topological polar surface area (TPSA) is 79.3 Å². The molecule has 11 heteroatoms. The summed E-state index contributed by atoms with van der Waals surface area (Å²) in [5, 5.41) is 10.0. The van der Waals surface area contributed by atoms with Gasteiger partial charge < -0.3 is 24.4 Å². The van der Waals surface area contributed by atoms with E-state index in [-0.39, 0.29) is 16.5 Å². The van der Waals surface area contributed by atoms with Gasteiger partial charge in [0, 0.05) is 18.3 Å². The van der Waals surface area contributed by atoms with Crippen molar-refractivity contribution in [3.05, 3.63) is 47.0 Å². The highest BCUT2D eigenvalue weighted by Gasteiger charge is 2.27. The molecular weight excluding hydrogens is 478 g/mol. The van der Waals surface area contributed by atoms with Crippen LogP contribution in [0.25, 0.3) is 0 Å². The van der Waals surface area contributed by atoms with Crippen molar-refractivity contribution in [3.8, 4) is 11.5 Å². The first kappa shape index (κ1) is 26.9. The quantitative estimate of drug-likeness (QED) is 0.436. The molecule has 0 amide bonds. The van der Waals surface area contributed by atoms with Crippen molar-refractivity contribution in [2.75, 3.05) is 55.8 Å². The molecule has 2 rings (SSSR count). The van der Waals surface area contributed by atoms with Crippen LogP contribution in [0, 0.1) is 0 Å². The van der Waals surface area contributed by atoms with Crippen LogP contribution in [-0.4, -0.2) is 66.0 Å². The van der Waals surface area contributed by atoms with E-state index >= 15 is 0 Å². The molecule has 0 bridgehead atoms. The number of aliphatic hydroxyl groups is 1. The number of rotatable bonds is 12. The van der Waals surface area contributed by atoms with E-state index < -0.39 is 35.6 Å². The van der Waals surface area contributed by atoms with Crippen LogP contribution in [0.15, 0.2) is 36.4 Å². The van der Waals surface area contributed by atoms with Gasteiger partial charge in [-0.2, -0.15) is 0 Å². The number of benzene rings is 2. The van der Waals surface area contributed by atoms with Gasteiger partial charge >= 0.3 is 0 Å². The van der Waals surface area contributed by atoms with Crippen molar-refractivity contribution in [3.63, 3.8) is 0 Å². The zero-order chi connectivity index (χ0) is 24.8. The average molecular weight is 507 g/mol. The molecule has 0 aromatic heterocycles. The van der Waals surface area contributed by atoms with E-state index in [0.29, 0.717) is 29.4 Å². The van der Waals surface area contributed by atoms with E-state index in [1.807, 2.05) is 6.92 Å². The molecule has 1 unspecified atom stereocenters. The van der Waals surface area contributed by atoms with Gasteiger partial charge in [0.05, 0.1) is 43.4 Å². The largest absolute Gasteiger partial charge is 0.493 e. The molecule has 1 N–H and O–H groups in total. The van der Waals surface area contributed by atoms with Crippen LogP contribution in [-0.2, 0) is 9.84 Å². The Morgan fingerprint density at radius 1 is 1.12 bits per heavy atom. The zero-order valence-electron chi connectivity index (χ0n) is 19.0. The van der Waals surface area contributed by atoms with Crippen LogP contribution in [0.3, 0.4) is 0 Å². The summed E-state index contributed by atoms with van der Waals surface area (Å²) in [5.74, 6) is 0.699. The van der Waals surface area contributed by atoms with Gasteiger partial charge in [-0.3, -0.25) is 0 Å². The molecule has 0 aliphatic heterocycles. The summed E-state index contributed by atoms with van der Waals surface area (Å²) in [7, 11) is -0.292. The number of sulfone groups is 1. The molecule has 1 atom stereocenters. The molecule has 0 aliphatic rings. The lowest BCUT2D eigenvalue weighted by Crippen LogP contribution is -2.34. The van der Waals surface area contributed by atoms with Crippen molar-refractivity contribution >= 4 is 32.8 Å². The molecule has 2 aromatic carbocycles. The summed E-state index contributed by atoms with van der Waals surface area (Å²) >= 11 is 6.11. The molecule has 0 heterocycles. The van der Waals surface area contributed by atoms with E-state index in [1.165, 1.54) is 13.2 Å². The summed E-state index contributed by atoms with van der Waals surface area (Å²) in [4.78, 5) is 2.75.